The molecule has 2 aromatic rings. The number of carbonyl (C=O) groups excluding carboxylic acids is 1. The Morgan fingerprint density at radius 2 is 1.96 bits per heavy atom. The van der Waals surface area contributed by atoms with Crippen molar-refractivity contribution in [2.75, 3.05) is 29.5 Å². The number of aryl methyl sites for hydroxylation is 1. The van der Waals surface area contributed by atoms with Crippen LogP contribution in [0.15, 0.2) is 46.9 Å². The van der Waals surface area contributed by atoms with Gasteiger partial charge in [0.05, 0.1) is 18.6 Å². The number of benzene rings is 2. The molecule has 140 valence electrons. The van der Waals surface area contributed by atoms with E-state index >= 15 is 0 Å². The molecule has 0 saturated heterocycles. The average molecular weight is 441 g/mol. The fourth-order valence-electron chi connectivity index (χ4n) is 2.42. The third kappa shape index (κ3) is 5.55. The van der Waals surface area contributed by atoms with E-state index in [4.69, 9.17) is 4.74 Å². The first kappa shape index (κ1) is 20.4. The van der Waals surface area contributed by atoms with Crippen molar-refractivity contribution in [1.82, 2.24) is 0 Å². The van der Waals surface area contributed by atoms with Crippen molar-refractivity contribution in [2.45, 2.75) is 13.5 Å². The van der Waals surface area contributed by atoms with Gasteiger partial charge in [0.2, 0.25) is 15.9 Å². The fourth-order valence-corrected chi connectivity index (χ4v) is 3.52. The van der Waals surface area contributed by atoms with Crippen molar-refractivity contribution in [1.29, 1.82) is 0 Å². The van der Waals surface area contributed by atoms with Gasteiger partial charge in [0.25, 0.3) is 0 Å². The second-order valence-electron chi connectivity index (χ2n) is 5.88. The van der Waals surface area contributed by atoms with Gasteiger partial charge < -0.3 is 10.1 Å². The molecule has 6 nitrogen and oxygen atoms in total. The molecular weight excluding hydrogens is 420 g/mol. The zero-order chi connectivity index (χ0) is 19.3. The predicted octanol–water partition coefficient (Wildman–Crippen LogP) is 3.31. The number of anilines is 2. The summed E-state index contributed by atoms with van der Waals surface area (Å²) < 4.78 is 31.4. The van der Waals surface area contributed by atoms with Crippen LogP contribution in [-0.2, 0) is 26.2 Å². The SMILES string of the molecule is COCc1cccc(NC(=O)CN(c2ccc(Br)c(C)c2)S(C)(=O)=O)c1. The van der Waals surface area contributed by atoms with Gasteiger partial charge in [0.15, 0.2) is 0 Å². The van der Waals surface area contributed by atoms with Crippen LogP contribution in [-0.4, -0.2) is 34.2 Å². The number of nitrogens with one attached hydrogen (secondary N) is 1. The maximum Gasteiger partial charge on any atom is 0.245 e. The number of carbonyl (C=O) groups is 1. The molecule has 0 bridgehead atoms. The maximum absolute atomic E-state index is 12.4. The van der Waals surface area contributed by atoms with Crippen molar-refractivity contribution in [2.24, 2.45) is 0 Å². The smallest absolute Gasteiger partial charge is 0.245 e. The van der Waals surface area contributed by atoms with E-state index < -0.39 is 15.9 Å². The molecule has 26 heavy (non-hydrogen) atoms. The number of sulfonamides is 1. The molecule has 0 radical (unpaired) electrons. The van der Waals surface area contributed by atoms with E-state index in [9.17, 15) is 13.2 Å². The predicted molar refractivity (Wildman–Crippen MR) is 107 cm³/mol. The molecule has 0 aliphatic rings. The first-order valence-corrected chi connectivity index (χ1v) is 10.5. The molecule has 2 aromatic carbocycles. The lowest BCUT2D eigenvalue weighted by atomic mass is 10.2. The van der Waals surface area contributed by atoms with E-state index in [1.165, 1.54) is 0 Å². The monoisotopic (exact) mass is 440 g/mol. The van der Waals surface area contributed by atoms with Gasteiger partial charge in [-0.15, -0.1) is 0 Å². The minimum Gasteiger partial charge on any atom is -0.380 e. The number of hydrogen-bond acceptors (Lipinski definition) is 4. The van der Waals surface area contributed by atoms with Crippen molar-refractivity contribution >= 4 is 43.2 Å². The van der Waals surface area contributed by atoms with Crippen LogP contribution in [0.2, 0.25) is 0 Å². The van der Waals surface area contributed by atoms with Crippen LogP contribution in [0.4, 0.5) is 11.4 Å². The Morgan fingerprint density at radius 1 is 1.23 bits per heavy atom. The van der Waals surface area contributed by atoms with Crippen molar-refractivity contribution in [3.8, 4) is 0 Å². The van der Waals surface area contributed by atoms with Gasteiger partial charge in [0, 0.05) is 17.3 Å². The third-order valence-corrected chi connectivity index (χ3v) is 5.67. The first-order chi connectivity index (χ1) is 12.2. The molecule has 0 aliphatic carbocycles. The zero-order valence-corrected chi connectivity index (χ0v) is 17.2. The molecule has 0 unspecified atom stereocenters. The van der Waals surface area contributed by atoms with Crippen molar-refractivity contribution in [3.05, 3.63) is 58.1 Å². The minimum absolute atomic E-state index is 0.311. The number of amides is 1. The fraction of sp³-hybridized carbons (Fsp3) is 0.278. The summed E-state index contributed by atoms with van der Waals surface area (Å²) in [5.74, 6) is -0.425. The summed E-state index contributed by atoms with van der Waals surface area (Å²) in [5, 5.41) is 2.73. The Kier molecular flexibility index (Phi) is 6.80. The van der Waals surface area contributed by atoms with Gasteiger partial charge in [-0.1, -0.05) is 28.1 Å². The highest BCUT2D eigenvalue weighted by Gasteiger charge is 2.21. The molecule has 0 saturated carbocycles. The summed E-state index contributed by atoms with van der Waals surface area (Å²) in [6.45, 7) is 1.97. The lowest BCUT2D eigenvalue weighted by molar-refractivity contribution is -0.114. The largest absolute Gasteiger partial charge is 0.380 e. The van der Waals surface area contributed by atoms with Crippen LogP contribution < -0.4 is 9.62 Å². The lowest BCUT2D eigenvalue weighted by Crippen LogP contribution is -2.37. The van der Waals surface area contributed by atoms with Crippen LogP contribution in [0.5, 0.6) is 0 Å². The molecule has 1 N–H and O–H groups in total. The highest BCUT2D eigenvalue weighted by molar-refractivity contribution is 9.10. The van der Waals surface area contributed by atoms with E-state index in [0.717, 1.165) is 26.2 Å². The van der Waals surface area contributed by atoms with Gasteiger partial charge in [0.1, 0.15) is 6.54 Å². The zero-order valence-electron chi connectivity index (χ0n) is 14.8. The van der Waals surface area contributed by atoms with Gasteiger partial charge in [-0.2, -0.15) is 0 Å². The topological polar surface area (TPSA) is 75.7 Å². The summed E-state index contributed by atoms with van der Waals surface area (Å²) in [6, 6.07) is 12.3. The molecule has 0 aromatic heterocycles. The van der Waals surface area contributed by atoms with Crippen molar-refractivity contribution in [3.63, 3.8) is 0 Å². The average Bonchev–Trinajstić information content (AvgIpc) is 2.55. The lowest BCUT2D eigenvalue weighted by Gasteiger charge is -2.22. The van der Waals surface area contributed by atoms with Gasteiger partial charge >= 0.3 is 0 Å². The van der Waals surface area contributed by atoms with Crippen molar-refractivity contribution < 1.29 is 17.9 Å². The number of rotatable bonds is 7. The Morgan fingerprint density at radius 3 is 2.58 bits per heavy atom. The Hall–Kier alpha value is -1.90. The van der Waals surface area contributed by atoms with Gasteiger partial charge in [-0.05, 0) is 48.4 Å². The number of methoxy groups -OCH3 is 1. The maximum atomic E-state index is 12.4. The van der Waals surface area contributed by atoms with Crippen LogP contribution in [0.1, 0.15) is 11.1 Å². The highest BCUT2D eigenvalue weighted by atomic mass is 79.9. The first-order valence-electron chi connectivity index (χ1n) is 7.82. The molecule has 0 heterocycles. The summed E-state index contributed by atoms with van der Waals surface area (Å²) in [5.41, 5.74) is 2.82. The van der Waals surface area contributed by atoms with Crippen LogP contribution >= 0.6 is 15.9 Å². The van der Waals surface area contributed by atoms with E-state index in [-0.39, 0.29) is 6.54 Å². The van der Waals surface area contributed by atoms with E-state index in [0.29, 0.717) is 18.0 Å². The second kappa shape index (κ2) is 8.66. The molecule has 0 aliphatic heterocycles. The second-order valence-corrected chi connectivity index (χ2v) is 8.65. The quantitative estimate of drug-likeness (QED) is 0.716. The highest BCUT2D eigenvalue weighted by Crippen LogP contribution is 2.24. The molecule has 1 amide bonds. The van der Waals surface area contributed by atoms with Gasteiger partial charge in [-0.25, -0.2) is 8.42 Å². The summed E-state index contributed by atoms with van der Waals surface area (Å²) in [7, 11) is -2.02. The summed E-state index contributed by atoms with van der Waals surface area (Å²) in [4.78, 5) is 12.4. The Balaban J connectivity index is 2.19. The summed E-state index contributed by atoms with van der Waals surface area (Å²) >= 11 is 3.39. The van der Waals surface area contributed by atoms with Crippen LogP contribution in [0.25, 0.3) is 0 Å². The Bertz CT molecular complexity index is 900. The number of hydrogen-bond donors (Lipinski definition) is 1. The molecule has 2 rings (SSSR count). The van der Waals surface area contributed by atoms with E-state index in [1.54, 1.807) is 43.5 Å². The number of ether oxygens (including phenoxy) is 1. The van der Waals surface area contributed by atoms with E-state index in [2.05, 4.69) is 21.2 Å². The van der Waals surface area contributed by atoms with Gasteiger partial charge in [-0.3, -0.25) is 9.10 Å². The molecule has 0 spiro atoms. The van der Waals surface area contributed by atoms with Crippen LogP contribution in [0.3, 0.4) is 0 Å². The normalized spacial score (nSPS) is 11.2. The number of nitrogens with zero attached hydrogens (tertiary/aromatic N) is 1. The number of halogens is 1. The molecule has 0 atom stereocenters. The third-order valence-electron chi connectivity index (χ3n) is 3.64. The molecule has 0 fully saturated rings. The Labute approximate surface area is 162 Å². The van der Waals surface area contributed by atoms with Crippen LogP contribution in [0, 0.1) is 6.92 Å². The minimum atomic E-state index is -3.61. The standard InChI is InChI=1S/C18H21BrN2O4S/c1-13-9-16(7-8-17(13)19)21(26(3,23)24)11-18(22)20-15-6-4-5-14(10-15)12-25-2/h4-10H,11-12H2,1-3H3,(H,20,22). The summed E-state index contributed by atoms with van der Waals surface area (Å²) in [6.07, 6.45) is 1.08. The molecule has 8 heteroatoms. The molecular formula is C18H21BrN2O4S. The van der Waals surface area contributed by atoms with E-state index in [1.807, 2.05) is 13.0 Å².